The zero-order valence-electron chi connectivity index (χ0n) is 19.4. The van der Waals surface area contributed by atoms with E-state index >= 15 is 0 Å². The topological polar surface area (TPSA) is 98.8 Å². The third kappa shape index (κ3) is 5.48. The number of carbonyl (C=O) groups is 2. The zero-order valence-corrected chi connectivity index (χ0v) is 20.3. The van der Waals surface area contributed by atoms with E-state index in [-0.39, 0.29) is 23.3 Å². The van der Waals surface area contributed by atoms with Crippen molar-refractivity contribution in [3.63, 3.8) is 0 Å². The maximum atomic E-state index is 13.1. The number of hydrazine groups is 1. The number of benzene rings is 2. The number of aryl methyl sites for hydroxylation is 1. The second kappa shape index (κ2) is 10.7. The molecule has 0 radical (unpaired) electrons. The summed E-state index contributed by atoms with van der Waals surface area (Å²) in [6, 6.07) is 15.4. The predicted molar refractivity (Wildman–Crippen MR) is 129 cm³/mol. The van der Waals surface area contributed by atoms with Crippen LogP contribution in [0.15, 0.2) is 59.5 Å². The first-order valence-electron chi connectivity index (χ1n) is 11.8. The Balaban J connectivity index is 1.42. The third-order valence-corrected chi connectivity index (χ3v) is 8.43. The minimum atomic E-state index is -3.67. The monoisotopic (exact) mass is 484 g/mol. The lowest BCUT2D eigenvalue weighted by molar-refractivity contribution is -0.134. The number of hydrogen-bond acceptors (Lipinski definition) is 5. The Labute approximate surface area is 201 Å². The molecule has 2 atom stereocenters. The van der Waals surface area contributed by atoms with Crippen LogP contribution in [0.25, 0.3) is 0 Å². The summed E-state index contributed by atoms with van der Waals surface area (Å²) in [6.07, 6.45) is 3.14. The Kier molecular flexibility index (Phi) is 7.65. The molecule has 0 saturated carbocycles. The largest absolute Gasteiger partial charge is 0.341 e. The molecule has 2 aromatic rings. The summed E-state index contributed by atoms with van der Waals surface area (Å²) in [5.41, 5.74) is 7.41. The average molecular weight is 485 g/mol. The Morgan fingerprint density at radius 2 is 1.62 bits per heavy atom. The van der Waals surface area contributed by atoms with Gasteiger partial charge in [-0.05, 0) is 50.3 Å². The van der Waals surface area contributed by atoms with E-state index in [1.54, 1.807) is 24.3 Å². The molecule has 2 heterocycles. The van der Waals surface area contributed by atoms with Crippen LogP contribution < -0.4 is 10.9 Å². The second-order valence-electron chi connectivity index (χ2n) is 9.02. The van der Waals surface area contributed by atoms with E-state index in [9.17, 15) is 18.0 Å². The summed E-state index contributed by atoms with van der Waals surface area (Å²) in [5, 5.41) is 0. The SMILES string of the molecule is Cc1ccc(S(=O)(=O)N2CCC[C@H](C(=O)NN[C@@H](C(=O)N3CCCC3)c3ccccc3)C2)cc1. The van der Waals surface area contributed by atoms with Crippen LogP contribution in [0.5, 0.6) is 0 Å². The van der Waals surface area contributed by atoms with Crippen LogP contribution in [0.1, 0.15) is 42.9 Å². The lowest BCUT2D eigenvalue weighted by Gasteiger charge is -2.32. The van der Waals surface area contributed by atoms with Crippen LogP contribution in [0, 0.1) is 12.8 Å². The fraction of sp³-hybridized carbons (Fsp3) is 0.440. The minimum absolute atomic E-state index is 0.0729. The predicted octanol–water partition coefficient (Wildman–Crippen LogP) is 2.38. The molecular weight excluding hydrogens is 452 g/mol. The van der Waals surface area contributed by atoms with Crippen molar-refractivity contribution >= 4 is 21.8 Å². The molecule has 2 amide bonds. The fourth-order valence-electron chi connectivity index (χ4n) is 4.53. The zero-order chi connectivity index (χ0) is 24.1. The van der Waals surface area contributed by atoms with Crippen molar-refractivity contribution in [1.29, 1.82) is 0 Å². The van der Waals surface area contributed by atoms with Gasteiger partial charge in [-0.1, -0.05) is 48.0 Å². The van der Waals surface area contributed by atoms with Gasteiger partial charge in [-0.15, -0.1) is 0 Å². The quantitative estimate of drug-likeness (QED) is 0.588. The fourth-order valence-corrected chi connectivity index (χ4v) is 6.06. The molecule has 34 heavy (non-hydrogen) atoms. The van der Waals surface area contributed by atoms with Crippen LogP contribution >= 0.6 is 0 Å². The van der Waals surface area contributed by atoms with Crippen LogP contribution in [-0.2, 0) is 19.6 Å². The molecule has 0 spiro atoms. The summed E-state index contributed by atoms with van der Waals surface area (Å²) < 4.78 is 27.5. The number of hydrogen-bond donors (Lipinski definition) is 2. The minimum Gasteiger partial charge on any atom is -0.341 e. The lowest BCUT2D eigenvalue weighted by Crippen LogP contribution is -2.51. The highest BCUT2D eigenvalue weighted by molar-refractivity contribution is 7.89. The van der Waals surface area contributed by atoms with Gasteiger partial charge in [0.1, 0.15) is 6.04 Å². The van der Waals surface area contributed by atoms with Crippen molar-refractivity contribution < 1.29 is 18.0 Å². The number of carbonyl (C=O) groups excluding carboxylic acids is 2. The maximum absolute atomic E-state index is 13.1. The van der Waals surface area contributed by atoms with Crippen LogP contribution in [0.2, 0.25) is 0 Å². The summed E-state index contributed by atoms with van der Waals surface area (Å²) in [4.78, 5) is 28.2. The lowest BCUT2D eigenvalue weighted by atomic mass is 9.99. The summed E-state index contributed by atoms with van der Waals surface area (Å²) in [5.74, 6) is -0.880. The standard InChI is InChI=1S/C25H32N4O4S/c1-19-11-13-22(14-12-19)34(32,33)29-17-7-10-21(18-29)24(30)27-26-23(20-8-3-2-4-9-20)25(31)28-15-5-6-16-28/h2-4,8-9,11-14,21,23,26H,5-7,10,15-18H2,1H3,(H,27,30)/t21-,23+/m0/s1. The molecule has 9 heteroatoms. The van der Waals surface area contributed by atoms with E-state index in [0.717, 1.165) is 24.0 Å². The highest BCUT2D eigenvalue weighted by Crippen LogP contribution is 2.24. The number of piperidine rings is 1. The number of rotatable bonds is 7. The molecule has 2 aromatic carbocycles. The Bertz CT molecular complexity index is 1100. The summed E-state index contributed by atoms with van der Waals surface area (Å²) in [6.45, 7) is 3.83. The highest BCUT2D eigenvalue weighted by atomic mass is 32.2. The number of nitrogens with zero attached hydrogens (tertiary/aromatic N) is 2. The van der Waals surface area contributed by atoms with Crippen molar-refractivity contribution in [2.75, 3.05) is 26.2 Å². The van der Waals surface area contributed by atoms with Gasteiger partial charge < -0.3 is 4.90 Å². The van der Waals surface area contributed by atoms with Gasteiger partial charge >= 0.3 is 0 Å². The average Bonchev–Trinajstić information content (AvgIpc) is 3.40. The first-order valence-corrected chi connectivity index (χ1v) is 13.3. The van der Waals surface area contributed by atoms with E-state index in [4.69, 9.17) is 0 Å². The van der Waals surface area contributed by atoms with E-state index in [1.807, 2.05) is 42.2 Å². The molecule has 2 fully saturated rings. The summed E-state index contributed by atoms with van der Waals surface area (Å²) >= 11 is 0. The normalized spacial score (nSPS) is 20.1. The molecule has 8 nitrogen and oxygen atoms in total. The van der Waals surface area contributed by atoms with Gasteiger partial charge in [-0.3, -0.25) is 15.0 Å². The Morgan fingerprint density at radius 1 is 0.941 bits per heavy atom. The molecule has 2 saturated heterocycles. The van der Waals surface area contributed by atoms with Gasteiger partial charge in [0.05, 0.1) is 10.8 Å². The first kappa shape index (κ1) is 24.4. The van der Waals surface area contributed by atoms with Crippen molar-refractivity contribution in [2.45, 2.75) is 43.5 Å². The van der Waals surface area contributed by atoms with Crippen molar-refractivity contribution in [2.24, 2.45) is 5.92 Å². The van der Waals surface area contributed by atoms with Gasteiger partial charge in [0, 0.05) is 26.2 Å². The molecule has 0 unspecified atom stereocenters. The van der Waals surface area contributed by atoms with E-state index in [0.29, 0.717) is 32.5 Å². The van der Waals surface area contributed by atoms with Gasteiger partial charge in [0.2, 0.25) is 21.8 Å². The molecule has 0 aliphatic carbocycles. The molecule has 2 aliphatic heterocycles. The molecule has 4 rings (SSSR count). The number of sulfonamides is 1. The van der Waals surface area contributed by atoms with Crippen molar-refractivity contribution in [3.05, 3.63) is 65.7 Å². The number of amides is 2. The molecule has 2 N–H and O–H groups in total. The first-order chi connectivity index (χ1) is 16.4. The third-order valence-electron chi connectivity index (χ3n) is 6.55. The van der Waals surface area contributed by atoms with Gasteiger partial charge in [-0.2, -0.15) is 4.31 Å². The second-order valence-corrected chi connectivity index (χ2v) is 11.0. The van der Waals surface area contributed by atoms with Crippen LogP contribution in [0.3, 0.4) is 0 Å². The molecule has 0 aromatic heterocycles. The molecule has 0 bridgehead atoms. The van der Waals surface area contributed by atoms with Crippen LogP contribution in [0.4, 0.5) is 0 Å². The number of likely N-dealkylation sites (tertiary alicyclic amines) is 1. The molecule has 182 valence electrons. The molecular formula is C25H32N4O4S. The van der Waals surface area contributed by atoms with Crippen molar-refractivity contribution in [3.8, 4) is 0 Å². The van der Waals surface area contributed by atoms with E-state index < -0.39 is 22.0 Å². The summed E-state index contributed by atoms with van der Waals surface area (Å²) in [7, 11) is -3.67. The molecule has 2 aliphatic rings. The number of nitrogens with one attached hydrogen (secondary N) is 2. The van der Waals surface area contributed by atoms with E-state index in [1.165, 1.54) is 4.31 Å². The highest BCUT2D eigenvalue weighted by Gasteiger charge is 2.34. The van der Waals surface area contributed by atoms with Crippen LogP contribution in [-0.4, -0.2) is 55.6 Å². The Morgan fingerprint density at radius 3 is 2.29 bits per heavy atom. The van der Waals surface area contributed by atoms with Crippen molar-refractivity contribution in [1.82, 2.24) is 20.1 Å². The Hall–Kier alpha value is -2.75. The van der Waals surface area contributed by atoms with Gasteiger partial charge in [0.25, 0.3) is 0 Å². The maximum Gasteiger partial charge on any atom is 0.246 e. The van der Waals surface area contributed by atoms with Gasteiger partial charge in [-0.25, -0.2) is 13.8 Å². The van der Waals surface area contributed by atoms with Gasteiger partial charge in [0.15, 0.2) is 0 Å². The van der Waals surface area contributed by atoms with E-state index in [2.05, 4.69) is 10.9 Å². The smallest absolute Gasteiger partial charge is 0.246 e.